The van der Waals surface area contributed by atoms with Crippen molar-refractivity contribution in [3.8, 4) is 11.5 Å². The summed E-state index contributed by atoms with van der Waals surface area (Å²) in [5.74, 6) is 1.05. The predicted octanol–water partition coefficient (Wildman–Crippen LogP) is 5.57. The molecule has 0 aliphatic heterocycles. The number of benzene rings is 3. The number of hydrogen-bond donors (Lipinski definition) is 1. The van der Waals surface area contributed by atoms with Crippen molar-refractivity contribution < 1.29 is 23.8 Å². The second kappa shape index (κ2) is 12.0. The van der Waals surface area contributed by atoms with Crippen molar-refractivity contribution in [1.29, 1.82) is 0 Å². The van der Waals surface area contributed by atoms with Gasteiger partial charge in [0.15, 0.2) is 23.1 Å². The lowest BCUT2D eigenvalue weighted by atomic mass is 9.94. The zero-order chi connectivity index (χ0) is 28.9. The van der Waals surface area contributed by atoms with Gasteiger partial charge in [0.05, 0.1) is 19.2 Å². The van der Waals surface area contributed by atoms with Crippen LogP contribution in [0.3, 0.4) is 0 Å². The minimum Gasteiger partial charge on any atom is -0.493 e. The third kappa shape index (κ3) is 5.95. The molecule has 0 radical (unpaired) electrons. The van der Waals surface area contributed by atoms with Crippen LogP contribution in [0.1, 0.15) is 11.1 Å². The Balaban J connectivity index is 1.58. The van der Waals surface area contributed by atoms with E-state index in [0.29, 0.717) is 58.3 Å². The Hall–Kier alpha value is -5.02. The quantitative estimate of drug-likeness (QED) is 0.200. The molecule has 0 saturated carbocycles. The molecule has 41 heavy (non-hydrogen) atoms. The van der Waals surface area contributed by atoms with E-state index in [1.165, 1.54) is 24.6 Å². The van der Waals surface area contributed by atoms with Gasteiger partial charge in [-0.15, -0.1) is 0 Å². The molecule has 4 aromatic rings. The molecule has 1 N–H and O–H groups in total. The van der Waals surface area contributed by atoms with Gasteiger partial charge in [-0.05, 0) is 67.1 Å². The topological polar surface area (TPSA) is 103 Å². The van der Waals surface area contributed by atoms with E-state index < -0.39 is 0 Å². The summed E-state index contributed by atoms with van der Waals surface area (Å²) in [5, 5.41) is 4.06. The first-order chi connectivity index (χ1) is 19.9. The monoisotopic (exact) mass is 550 g/mol. The number of nitrogens with one attached hydrogen (secondary N) is 1. The van der Waals surface area contributed by atoms with Gasteiger partial charge >= 0.3 is 0 Å². The molecule has 1 heterocycles. The Morgan fingerprint density at radius 1 is 0.902 bits per heavy atom. The summed E-state index contributed by atoms with van der Waals surface area (Å²) in [6.07, 6.45) is 5.39. The number of allylic oxidation sites excluding steroid dienone is 4. The van der Waals surface area contributed by atoms with Gasteiger partial charge in [0.1, 0.15) is 18.8 Å². The number of methoxy groups -OCH3 is 2. The molecule has 1 aliphatic carbocycles. The van der Waals surface area contributed by atoms with Crippen LogP contribution in [0.5, 0.6) is 11.5 Å². The minimum atomic E-state index is -0.255. The lowest BCUT2D eigenvalue weighted by Gasteiger charge is -2.23. The van der Waals surface area contributed by atoms with Crippen molar-refractivity contribution in [2.24, 2.45) is 0 Å². The molecule has 9 nitrogen and oxygen atoms in total. The highest BCUT2D eigenvalue weighted by Crippen LogP contribution is 2.38. The third-order valence-corrected chi connectivity index (χ3v) is 6.74. The first-order valence-electron chi connectivity index (χ1n) is 13.0. The van der Waals surface area contributed by atoms with E-state index in [9.17, 15) is 9.59 Å². The highest BCUT2D eigenvalue weighted by molar-refractivity contribution is 6.34. The fourth-order valence-corrected chi connectivity index (χ4v) is 4.58. The van der Waals surface area contributed by atoms with Gasteiger partial charge in [-0.3, -0.25) is 9.59 Å². The van der Waals surface area contributed by atoms with Crippen LogP contribution >= 0.6 is 0 Å². The molecule has 0 unspecified atom stereocenters. The Morgan fingerprint density at radius 3 is 2.51 bits per heavy atom. The molecule has 0 atom stereocenters. The first kappa shape index (κ1) is 27.5. The standard InChI is InChI=1S/C32H30N4O5/c1-20-6-5-7-21(14-20)36(2)22-8-10-27(24(15-22)25-16-23(37)9-11-29(25)38)35-32-26-17-30(40-4)31(41-13-12-39-3)18-28(26)33-19-34-32/h5-11,14-19H,12-13H2,1-4H3,(H,33,34,35). The van der Waals surface area contributed by atoms with E-state index >= 15 is 0 Å². The maximum absolute atomic E-state index is 13.0. The maximum atomic E-state index is 13.0. The summed E-state index contributed by atoms with van der Waals surface area (Å²) in [6.45, 7) is 2.83. The number of aromatic nitrogens is 2. The average Bonchev–Trinajstić information content (AvgIpc) is 2.98. The van der Waals surface area contributed by atoms with E-state index in [4.69, 9.17) is 14.2 Å². The van der Waals surface area contributed by atoms with Crippen LogP contribution in [0.2, 0.25) is 0 Å². The number of aryl methyl sites for hydroxylation is 1. The number of anilines is 4. The summed E-state index contributed by atoms with van der Waals surface area (Å²) in [7, 11) is 5.13. The van der Waals surface area contributed by atoms with E-state index in [1.54, 1.807) is 26.4 Å². The van der Waals surface area contributed by atoms with Crippen molar-refractivity contribution >= 4 is 50.9 Å². The van der Waals surface area contributed by atoms with Gasteiger partial charge in [-0.25, -0.2) is 9.97 Å². The van der Waals surface area contributed by atoms with Gasteiger partial charge in [0, 0.05) is 53.8 Å². The molecule has 1 aliphatic rings. The van der Waals surface area contributed by atoms with E-state index in [1.807, 2.05) is 55.3 Å². The van der Waals surface area contributed by atoms with Gasteiger partial charge in [0.25, 0.3) is 0 Å². The summed E-state index contributed by atoms with van der Waals surface area (Å²) >= 11 is 0. The largest absolute Gasteiger partial charge is 0.493 e. The summed E-state index contributed by atoms with van der Waals surface area (Å²) in [4.78, 5) is 36.2. The molecule has 1 aromatic heterocycles. The Morgan fingerprint density at radius 2 is 1.73 bits per heavy atom. The lowest BCUT2D eigenvalue weighted by Crippen LogP contribution is -2.12. The van der Waals surface area contributed by atoms with Crippen LogP contribution in [0.4, 0.5) is 22.9 Å². The van der Waals surface area contributed by atoms with Crippen molar-refractivity contribution in [3.05, 3.63) is 90.3 Å². The predicted molar refractivity (Wildman–Crippen MR) is 160 cm³/mol. The zero-order valence-electron chi connectivity index (χ0n) is 23.3. The van der Waals surface area contributed by atoms with Crippen LogP contribution < -0.4 is 19.7 Å². The molecule has 0 saturated heterocycles. The molecule has 0 spiro atoms. The highest BCUT2D eigenvalue weighted by atomic mass is 16.5. The van der Waals surface area contributed by atoms with E-state index in [-0.39, 0.29) is 11.6 Å². The fourth-order valence-electron chi connectivity index (χ4n) is 4.58. The third-order valence-electron chi connectivity index (χ3n) is 6.74. The lowest BCUT2D eigenvalue weighted by molar-refractivity contribution is -0.113. The van der Waals surface area contributed by atoms with Crippen LogP contribution in [-0.2, 0) is 14.3 Å². The number of carbonyl (C=O) groups is 2. The number of hydrogen-bond acceptors (Lipinski definition) is 9. The Bertz CT molecular complexity index is 1700. The van der Waals surface area contributed by atoms with Crippen molar-refractivity contribution in [2.45, 2.75) is 6.92 Å². The SMILES string of the molecule is COCCOc1cc2ncnc(Nc3ccc(N(C)c4cccc(C)c4)cc3C3=CC(=O)C=CC3=O)c2cc1OC. The van der Waals surface area contributed by atoms with Crippen molar-refractivity contribution in [2.75, 3.05) is 44.7 Å². The molecule has 0 bridgehead atoms. The van der Waals surface area contributed by atoms with E-state index in [0.717, 1.165) is 16.9 Å². The highest BCUT2D eigenvalue weighted by Gasteiger charge is 2.21. The van der Waals surface area contributed by atoms with Gasteiger partial charge in [-0.1, -0.05) is 12.1 Å². The molecule has 9 heteroatoms. The maximum Gasteiger partial charge on any atom is 0.186 e. The van der Waals surface area contributed by atoms with Crippen molar-refractivity contribution in [3.63, 3.8) is 0 Å². The number of rotatable bonds is 10. The van der Waals surface area contributed by atoms with Crippen LogP contribution in [0.15, 0.2) is 79.2 Å². The average molecular weight is 551 g/mol. The Kier molecular flexibility index (Phi) is 8.07. The second-order valence-electron chi connectivity index (χ2n) is 9.49. The van der Waals surface area contributed by atoms with Crippen LogP contribution in [-0.4, -0.2) is 56.0 Å². The molecule has 5 rings (SSSR count). The van der Waals surface area contributed by atoms with Crippen molar-refractivity contribution in [1.82, 2.24) is 9.97 Å². The number of fused-ring (bicyclic) bond motifs is 1. The smallest absolute Gasteiger partial charge is 0.186 e. The van der Waals surface area contributed by atoms with Gasteiger partial charge in [0.2, 0.25) is 0 Å². The second-order valence-corrected chi connectivity index (χ2v) is 9.49. The van der Waals surface area contributed by atoms with Crippen LogP contribution in [0.25, 0.3) is 16.5 Å². The summed E-state index contributed by atoms with van der Waals surface area (Å²) in [6, 6.07) is 17.4. The normalized spacial score (nSPS) is 12.8. The number of ketones is 2. The number of nitrogens with zero attached hydrogens (tertiary/aromatic N) is 3. The molecule has 0 amide bonds. The molecular formula is C32H30N4O5. The number of ether oxygens (including phenoxy) is 3. The molecular weight excluding hydrogens is 520 g/mol. The van der Waals surface area contributed by atoms with Gasteiger partial charge < -0.3 is 24.4 Å². The summed E-state index contributed by atoms with van der Waals surface area (Å²) in [5.41, 5.74) is 5.08. The Labute approximate surface area is 238 Å². The summed E-state index contributed by atoms with van der Waals surface area (Å²) < 4.78 is 16.5. The molecule has 3 aromatic carbocycles. The number of carbonyl (C=O) groups excluding carboxylic acids is 2. The molecule has 208 valence electrons. The first-order valence-corrected chi connectivity index (χ1v) is 13.0. The van der Waals surface area contributed by atoms with Gasteiger partial charge in [-0.2, -0.15) is 0 Å². The molecule has 0 fully saturated rings. The zero-order valence-corrected chi connectivity index (χ0v) is 23.3. The van der Waals surface area contributed by atoms with Crippen LogP contribution in [0, 0.1) is 6.92 Å². The van der Waals surface area contributed by atoms with E-state index in [2.05, 4.69) is 21.4 Å². The fraction of sp³-hybridized carbons (Fsp3) is 0.188. The minimum absolute atomic E-state index is 0.249.